The molecule has 0 aliphatic heterocycles. The fraction of sp³-hybridized carbons (Fsp3) is 0.526. The minimum Gasteiger partial charge on any atom is -0.489 e. The SMILES string of the molecule is COCOC1=C(F)CC([C@]2(COc3cnc(C)nc3C)C[C@H]2C(=O)O)C=C1. The van der Waals surface area contributed by atoms with Crippen molar-refractivity contribution in [2.24, 2.45) is 17.3 Å². The summed E-state index contributed by atoms with van der Waals surface area (Å²) >= 11 is 0. The van der Waals surface area contributed by atoms with Crippen molar-refractivity contribution in [2.45, 2.75) is 26.7 Å². The van der Waals surface area contributed by atoms with Gasteiger partial charge in [0.25, 0.3) is 0 Å². The van der Waals surface area contributed by atoms with Crippen LogP contribution in [0.15, 0.2) is 29.9 Å². The van der Waals surface area contributed by atoms with Gasteiger partial charge < -0.3 is 19.3 Å². The van der Waals surface area contributed by atoms with Crippen LogP contribution < -0.4 is 4.74 Å². The standard InChI is InChI=1S/C19H23FN2O5/c1-11-17(8-21-12(2)22-11)26-9-19(7-14(19)18(23)24)13-4-5-16(15(20)6-13)27-10-25-3/h4-5,8,13-14H,6-7,9-10H2,1-3H3,(H,23,24)/t13?,14-,19+/m0/s1. The van der Waals surface area contributed by atoms with Gasteiger partial charge in [-0.2, -0.15) is 0 Å². The van der Waals surface area contributed by atoms with E-state index in [4.69, 9.17) is 14.2 Å². The lowest BCUT2D eigenvalue weighted by Gasteiger charge is -2.28. The van der Waals surface area contributed by atoms with Crippen molar-refractivity contribution in [2.75, 3.05) is 20.5 Å². The Kier molecular flexibility index (Phi) is 5.46. The van der Waals surface area contributed by atoms with Gasteiger partial charge in [0.1, 0.15) is 11.7 Å². The molecule has 27 heavy (non-hydrogen) atoms. The summed E-state index contributed by atoms with van der Waals surface area (Å²) in [5, 5.41) is 9.49. The number of nitrogens with zero attached hydrogens (tertiary/aromatic N) is 2. The van der Waals surface area contributed by atoms with Crippen LogP contribution in [0.25, 0.3) is 0 Å². The zero-order valence-electron chi connectivity index (χ0n) is 15.6. The van der Waals surface area contributed by atoms with Gasteiger partial charge in [0.05, 0.1) is 24.4 Å². The van der Waals surface area contributed by atoms with E-state index in [0.717, 1.165) is 0 Å². The van der Waals surface area contributed by atoms with Crippen molar-refractivity contribution in [3.63, 3.8) is 0 Å². The van der Waals surface area contributed by atoms with Crippen LogP contribution >= 0.6 is 0 Å². The Morgan fingerprint density at radius 1 is 1.41 bits per heavy atom. The number of carboxylic acids is 1. The number of aromatic nitrogens is 2. The molecule has 2 aliphatic rings. The number of methoxy groups -OCH3 is 1. The van der Waals surface area contributed by atoms with Gasteiger partial charge in [0, 0.05) is 18.9 Å². The maximum Gasteiger partial charge on any atom is 0.307 e. The fourth-order valence-corrected chi connectivity index (χ4v) is 3.56. The Morgan fingerprint density at radius 3 is 2.78 bits per heavy atom. The first kappa shape index (κ1) is 19.3. The first-order valence-corrected chi connectivity index (χ1v) is 8.72. The topological polar surface area (TPSA) is 90.8 Å². The fourth-order valence-electron chi connectivity index (χ4n) is 3.56. The molecule has 8 heteroatoms. The second-order valence-electron chi connectivity index (χ2n) is 6.97. The van der Waals surface area contributed by atoms with Gasteiger partial charge in [-0.25, -0.2) is 14.4 Å². The highest BCUT2D eigenvalue weighted by molar-refractivity contribution is 5.75. The molecule has 0 aromatic carbocycles. The van der Waals surface area contributed by atoms with Crippen molar-refractivity contribution in [3.8, 4) is 5.75 Å². The van der Waals surface area contributed by atoms with Gasteiger partial charge in [0.2, 0.25) is 0 Å². The molecule has 3 rings (SSSR count). The van der Waals surface area contributed by atoms with E-state index in [-0.39, 0.29) is 31.5 Å². The zero-order chi connectivity index (χ0) is 19.6. The number of hydrogen-bond donors (Lipinski definition) is 1. The van der Waals surface area contributed by atoms with E-state index < -0.39 is 23.1 Å². The quantitative estimate of drug-likeness (QED) is 0.696. The Balaban J connectivity index is 1.74. The maximum absolute atomic E-state index is 14.4. The van der Waals surface area contributed by atoms with Crippen LogP contribution in [0, 0.1) is 31.1 Å². The monoisotopic (exact) mass is 378 g/mol. The Labute approximate surface area is 156 Å². The number of carboxylic acid groups (broad SMARTS) is 1. The molecule has 0 amide bonds. The average Bonchev–Trinajstić information content (AvgIpc) is 3.36. The van der Waals surface area contributed by atoms with Crippen LogP contribution in [-0.4, -0.2) is 41.6 Å². The van der Waals surface area contributed by atoms with Gasteiger partial charge in [0.15, 0.2) is 18.3 Å². The molecule has 7 nitrogen and oxygen atoms in total. The van der Waals surface area contributed by atoms with Crippen molar-refractivity contribution >= 4 is 5.97 Å². The summed E-state index contributed by atoms with van der Waals surface area (Å²) in [5.74, 6) is -0.904. The van der Waals surface area contributed by atoms with E-state index in [2.05, 4.69) is 9.97 Å². The number of aryl methyl sites for hydroxylation is 2. The predicted octanol–water partition coefficient (Wildman–Crippen LogP) is 2.94. The molecular formula is C19H23FN2O5. The van der Waals surface area contributed by atoms with Gasteiger partial charge in [-0.1, -0.05) is 6.08 Å². The summed E-state index contributed by atoms with van der Waals surface area (Å²) in [6.07, 6.45) is 5.44. The molecule has 146 valence electrons. The third-order valence-corrected chi connectivity index (χ3v) is 5.18. The lowest BCUT2D eigenvalue weighted by Crippen LogP contribution is -2.28. The summed E-state index contributed by atoms with van der Waals surface area (Å²) < 4.78 is 30.3. The highest BCUT2D eigenvalue weighted by Gasteiger charge is 2.63. The smallest absolute Gasteiger partial charge is 0.307 e. The lowest BCUT2D eigenvalue weighted by atomic mass is 9.82. The molecule has 1 saturated carbocycles. The van der Waals surface area contributed by atoms with E-state index >= 15 is 0 Å². The normalized spacial score (nSPS) is 26.8. The number of ether oxygens (including phenoxy) is 3. The van der Waals surface area contributed by atoms with Gasteiger partial charge in [-0.05, 0) is 32.3 Å². The molecule has 1 fully saturated rings. The molecule has 0 spiro atoms. The Hall–Kier alpha value is -2.48. The van der Waals surface area contributed by atoms with Crippen LogP contribution in [0.5, 0.6) is 5.75 Å². The second kappa shape index (κ2) is 7.64. The predicted molar refractivity (Wildman–Crippen MR) is 93.5 cm³/mol. The van der Waals surface area contributed by atoms with Crippen molar-refractivity contribution in [1.82, 2.24) is 9.97 Å². The molecule has 1 unspecified atom stereocenters. The van der Waals surface area contributed by atoms with Crippen LogP contribution in [-0.2, 0) is 14.3 Å². The van der Waals surface area contributed by atoms with E-state index in [1.165, 1.54) is 7.11 Å². The minimum atomic E-state index is -0.894. The molecule has 2 aliphatic carbocycles. The van der Waals surface area contributed by atoms with E-state index in [9.17, 15) is 14.3 Å². The summed E-state index contributed by atoms with van der Waals surface area (Å²) in [6, 6.07) is 0. The molecule has 1 heterocycles. The molecule has 0 bridgehead atoms. The summed E-state index contributed by atoms with van der Waals surface area (Å²) in [5.41, 5.74) is 0.0229. The van der Waals surface area contributed by atoms with E-state index in [1.807, 2.05) is 0 Å². The van der Waals surface area contributed by atoms with Crippen LogP contribution in [0.4, 0.5) is 4.39 Å². The average molecular weight is 378 g/mol. The highest BCUT2D eigenvalue weighted by atomic mass is 19.1. The number of carbonyl (C=O) groups is 1. The zero-order valence-corrected chi connectivity index (χ0v) is 15.6. The lowest BCUT2D eigenvalue weighted by molar-refractivity contribution is -0.140. The van der Waals surface area contributed by atoms with Crippen LogP contribution in [0.3, 0.4) is 0 Å². The summed E-state index contributed by atoms with van der Waals surface area (Å²) in [6.45, 7) is 3.70. The number of halogens is 1. The molecule has 1 aromatic heterocycles. The van der Waals surface area contributed by atoms with Gasteiger partial charge in [-0.15, -0.1) is 0 Å². The third-order valence-electron chi connectivity index (χ3n) is 5.18. The van der Waals surface area contributed by atoms with E-state index in [1.54, 1.807) is 32.2 Å². The molecular weight excluding hydrogens is 355 g/mol. The number of hydrogen-bond acceptors (Lipinski definition) is 6. The number of allylic oxidation sites excluding steroid dienone is 3. The largest absolute Gasteiger partial charge is 0.489 e. The van der Waals surface area contributed by atoms with Crippen molar-refractivity contribution in [3.05, 3.63) is 41.5 Å². The van der Waals surface area contributed by atoms with Gasteiger partial charge >= 0.3 is 5.97 Å². The number of aliphatic carboxylic acids is 1. The maximum atomic E-state index is 14.4. The summed E-state index contributed by atoms with van der Waals surface area (Å²) in [4.78, 5) is 19.9. The van der Waals surface area contributed by atoms with Crippen molar-refractivity contribution in [1.29, 1.82) is 0 Å². The third kappa shape index (κ3) is 3.95. The molecule has 0 saturated heterocycles. The first-order chi connectivity index (χ1) is 12.9. The minimum absolute atomic E-state index is 0.0452. The van der Waals surface area contributed by atoms with Crippen LogP contribution in [0.1, 0.15) is 24.4 Å². The Morgan fingerprint density at radius 2 is 2.19 bits per heavy atom. The second-order valence-corrected chi connectivity index (χ2v) is 6.97. The number of rotatable bonds is 8. The first-order valence-electron chi connectivity index (χ1n) is 8.72. The van der Waals surface area contributed by atoms with Gasteiger partial charge in [-0.3, -0.25) is 4.79 Å². The molecule has 1 aromatic rings. The summed E-state index contributed by atoms with van der Waals surface area (Å²) in [7, 11) is 1.46. The van der Waals surface area contributed by atoms with Crippen molar-refractivity contribution < 1.29 is 28.5 Å². The molecule has 0 radical (unpaired) electrons. The molecule has 3 atom stereocenters. The van der Waals surface area contributed by atoms with Crippen LogP contribution in [0.2, 0.25) is 0 Å². The Bertz CT molecular complexity index is 794. The highest BCUT2D eigenvalue weighted by Crippen LogP contribution is 2.60. The molecule has 1 N–H and O–H groups in total. The van der Waals surface area contributed by atoms with E-state index in [0.29, 0.717) is 23.7 Å².